The summed E-state index contributed by atoms with van der Waals surface area (Å²) in [5, 5.41) is 7.55. The topological polar surface area (TPSA) is 67.1 Å². The van der Waals surface area contributed by atoms with Gasteiger partial charge in [-0.2, -0.15) is 0 Å². The summed E-state index contributed by atoms with van der Waals surface area (Å²) >= 11 is 0. The maximum atomic E-state index is 4.85. The zero-order valence-corrected chi connectivity index (χ0v) is 78.7. The highest BCUT2D eigenvalue weighted by molar-refractivity contribution is 6.01. The molecule has 0 radical (unpaired) electrons. The Bertz CT molecular complexity index is 6290. The highest BCUT2D eigenvalue weighted by Gasteiger charge is 2.54. The third-order valence-electron chi connectivity index (χ3n) is 31.5. The lowest BCUT2D eigenvalue weighted by Gasteiger charge is -2.49. The van der Waals surface area contributed by atoms with E-state index in [1.807, 2.05) is 43.2 Å². The first kappa shape index (κ1) is 84.2. The van der Waals surface area contributed by atoms with Crippen LogP contribution in [0.25, 0.3) is 133 Å². The zero-order valence-electron chi connectivity index (χ0n) is 78.7. The summed E-state index contributed by atoms with van der Waals surface area (Å²) in [5.41, 5.74) is 44.9. The van der Waals surface area contributed by atoms with Crippen LogP contribution >= 0.6 is 0 Å². The minimum Gasteiger partial charge on any atom is -0.264 e. The molecule has 0 saturated heterocycles. The summed E-state index contributed by atoms with van der Waals surface area (Å²) in [6.07, 6.45) is 20.4. The molecule has 0 amide bonds. The van der Waals surface area contributed by atoms with Gasteiger partial charge in [0.2, 0.25) is 22.8 Å². The van der Waals surface area contributed by atoms with Gasteiger partial charge in [0.25, 0.3) is 0 Å². The van der Waals surface area contributed by atoms with Gasteiger partial charge < -0.3 is 0 Å². The van der Waals surface area contributed by atoms with Crippen LogP contribution in [0.4, 0.5) is 0 Å². The van der Waals surface area contributed by atoms with E-state index in [0.29, 0.717) is 0 Å². The molecule has 0 fully saturated rings. The fourth-order valence-electron chi connectivity index (χ4n) is 22.0. The van der Waals surface area contributed by atoms with Gasteiger partial charge in [0.05, 0.1) is 33.3 Å². The number of nitrogens with zero attached hydrogens (tertiary/aromatic N) is 8. The van der Waals surface area contributed by atoms with Crippen LogP contribution in [0.5, 0.6) is 0 Å². The molecule has 0 N–H and O–H groups in total. The minimum absolute atomic E-state index is 0.0544. The number of hydrogen-bond donors (Lipinski definition) is 0. The summed E-state index contributed by atoms with van der Waals surface area (Å²) in [7, 11) is 8.62. The first-order valence-electron chi connectivity index (χ1n) is 44.5. The van der Waals surface area contributed by atoms with Crippen LogP contribution in [-0.4, -0.2) is 19.9 Å². The quantitative estimate of drug-likeness (QED) is 0.165. The lowest BCUT2D eigenvalue weighted by molar-refractivity contribution is -0.660. The molecule has 0 bridgehead atoms. The molecule has 8 aromatic heterocycles. The van der Waals surface area contributed by atoms with Crippen LogP contribution in [0.15, 0.2) is 244 Å². The normalized spacial score (nSPS) is 16.1. The van der Waals surface area contributed by atoms with E-state index in [-0.39, 0.29) is 43.3 Å². The second-order valence-electron chi connectivity index (χ2n) is 40.8. The van der Waals surface area contributed by atoms with Gasteiger partial charge in [-0.25, -0.2) is 18.3 Å². The Labute approximate surface area is 737 Å². The predicted octanol–water partition coefficient (Wildman–Crippen LogP) is 26.3. The van der Waals surface area contributed by atoms with E-state index in [1.165, 1.54) is 211 Å². The number of fused-ring (bicyclic) bond motifs is 20. The Balaban J connectivity index is 0.000000117. The molecule has 20 rings (SSSR count). The summed E-state index contributed by atoms with van der Waals surface area (Å²) in [4.78, 5) is 18.4. The zero-order chi connectivity index (χ0) is 88.5. The summed E-state index contributed by atoms with van der Waals surface area (Å²) in [6, 6.07) is 67.5. The first-order valence-corrected chi connectivity index (χ1v) is 44.5. The van der Waals surface area contributed by atoms with Gasteiger partial charge in [0.1, 0.15) is 28.2 Å². The molecule has 8 aromatic carbocycles. The molecular weight excluding hydrogens is 1510 g/mol. The van der Waals surface area contributed by atoms with Gasteiger partial charge in [-0.3, -0.25) is 19.9 Å². The molecule has 0 atom stereocenters. The third-order valence-corrected chi connectivity index (χ3v) is 31.5. The van der Waals surface area contributed by atoms with Crippen LogP contribution in [0.1, 0.15) is 200 Å². The van der Waals surface area contributed by atoms with Crippen LogP contribution in [0, 0.1) is 55.4 Å². The van der Waals surface area contributed by atoms with Crippen molar-refractivity contribution in [2.24, 2.45) is 28.2 Å². The lowest BCUT2D eigenvalue weighted by Crippen LogP contribution is -2.45. The maximum Gasteiger partial charge on any atom is 0.213 e. The fraction of sp³-hybridized carbons (Fsp3) is 0.310. The van der Waals surface area contributed by atoms with Crippen LogP contribution < -0.4 is 18.3 Å². The number of rotatable bonds is 4. The van der Waals surface area contributed by atoms with Gasteiger partial charge >= 0.3 is 0 Å². The first-order chi connectivity index (χ1) is 58.6. The van der Waals surface area contributed by atoms with E-state index in [1.54, 1.807) is 0 Å². The molecule has 624 valence electrons. The number of pyridine rings is 8. The standard InChI is InChI=1S/4C29H31N2/c1-18-13-15-31(7)24(16-18)25-19(2)8-10-23-22-11-9-20-17-30-14-12-21(20)26(22)28(3,4)29(5,6)27(23)25;1-18-13-15-31(7)24(16-18)25-19(2)8-10-22-21-11-9-20-12-14-30-17-23(20)26(21)28(3,4)29(5,6)27(22)25;1-18-14-16-31(7)23(17-18)24-19(2)10-12-21-22-13-11-20-9-8-15-30-27(20)26(22)29(5,6)28(3,4)25(21)24;1-18-14-16-31(7)24(17-18)25-19(2)10-11-21-20-12-13-23-22(9-8-15-30-23)26(20)28(3,4)29(5,6)27(21)25/h4*8-17H,1-7H3/q4*+1. The average Bonchev–Trinajstić information content (AvgIpc) is 0.708. The van der Waals surface area contributed by atoms with Crippen molar-refractivity contribution < 1.29 is 18.3 Å². The van der Waals surface area contributed by atoms with Gasteiger partial charge in [-0.1, -0.05) is 214 Å². The largest absolute Gasteiger partial charge is 0.264 e. The van der Waals surface area contributed by atoms with Crippen molar-refractivity contribution in [3.63, 3.8) is 0 Å². The van der Waals surface area contributed by atoms with Crippen molar-refractivity contribution in [1.29, 1.82) is 0 Å². The summed E-state index contributed by atoms with van der Waals surface area (Å²) < 4.78 is 9.05. The highest BCUT2D eigenvalue weighted by atomic mass is 14.9. The number of aryl methyl sites for hydroxylation is 12. The maximum absolute atomic E-state index is 4.85. The summed E-state index contributed by atoms with van der Waals surface area (Å²) in [6.45, 7) is 56.3. The molecular formula is C116H124N8+4. The van der Waals surface area contributed by atoms with Crippen molar-refractivity contribution in [2.45, 2.75) is 209 Å². The molecule has 8 heterocycles. The Morgan fingerprint density at radius 1 is 0.234 bits per heavy atom. The molecule has 8 nitrogen and oxygen atoms in total. The van der Waals surface area contributed by atoms with Gasteiger partial charge in [-0.05, 0) is 230 Å². The van der Waals surface area contributed by atoms with Crippen LogP contribution in [-0.2, 0) is 71.5 Å². The lowest BCUT2D eigenvalue weighted by atomic mass is 9.53. The van der Waals surface area contributed by atoms with E-state index in [0.717, 1.165) is 11.0 Å². The van der Waals surface area contributed by atoms with Crippen molar-refractivity contribution in [1.82, 2.24) is 19.9 Å². The molecule has 0 unspecified atom stereocenters. The second kappa shape index (κ2) is 29.9. The molecule has 4 aliphatic rings. The minimum atomic E-state index is -0.0892. The van der Waals surface area contributed by atoms with Crippen molar-refractivity contribution in [3.05, 3.63) is 333 Å². The highest BCUT2D eigenvalue weighted by Crippen LogP contribution is 2.63. The monoisotopic (exact) mass is 1630 g/mol. The van der Waals surface area contributed by atoms with Crippen LogP contribution in [0.2, 0.25) is 0 Å². The van der Waals surface area contributed by atoms with Crippen LogP contribution in [0.3, 0.4) is 0 Å². The van der Waals surface area contributed by atoms with Crippen molar-refractivity contribution in [3.8, 4) is 89.5 Å². The number of hydrogen-bond acceptors (Lipinski definition) is 4. The Morgan fingerprint density at radius 2 is 0.532 bits per heavy atom. The number of benzene rings is 8. The van der Waals surface area contributed by atoms with E-state index in [2.05, 4.69) is 428 Å². The second-order valence-corrected chi connectivity index (χ2v) is 40.8. The van der Waals surface area contributed by atoms with Gasteiger partial charge in [0, 0.05) is 151 Å². The molecule has 124 heavy (non-hydrogen) atoms. The Morgan fingerprint density at radius 3 is 0.944 bits per heavy atom. The molecule has 8 heteroatoms. The Kier molecular flexibility index (Phi) is 20.3. The third kappa shape index (κ3) is 12.8. The van der Waals surface area contributed by atoms with Crippen molar-refractivity contribution >= 4 is 43.4 Å². The van der Waals surface area contributed by atoms with Crippen molar-refractivity contribution in [2.75, 3.05) is 0 Å². The average molecular weight is 1630 g/mol. The smallest absolute Gasteiger partial charge is 0.213 e. The molecule has 0 spiro atoms. The molecule has 16 aromatic rings. The van der Waals surface area contributed by atoms with E-state index in [4.69, 9.17) is 4.98 Å². The fourth-order valence-corrected chi connectivity index (χ4v) is 22.0. The van der Waals surface area contributed by atoms with E-state index >= 15 is 0 Å². The summed E-state index contributed by atoms with van der Waals surface area (Å²) in [5.74, 6) is 0. The molecule has 4 aliphatic carbocycles. The molecule has 0 aliphatic heterocycles. The van der Waals surface area contributed by atoms with E-state index in [9.17, 15) is 0 Å². The number of aromatic nitrogens is 8. The molecule has 0 saturated carbocycles. The van der Waals surface area contributed by atoms with E-state index < -0.39 is 0 Å². The predicted molar refractivity (Wildman–Crippen MR) is 517 cm³/mol. The SMILES string of the molecule is Cc1cc[n+](C)c(-c2c(C)ccc3c2C(C)(C)C(C)(C)c2c-3ccc3cccnc23)c1.Cc1cc[n+](C)c(-c2c(C)ccc3c2C(C)(C)C(C)(C)c2c-3ccc3ccncc23)c1.Cc1cc[n+](C)c(-c2c(C)ccc3c2C(C)(C)C(C)(C)c2c-3ccc3cnccc23)c1.Cc1cc[n+](C)c(-c2c(C)ccc3c2C(C)(C)C(C)(C)c2c-3ccc3ncccc23)c1. The van der Waals surface area contributed by atoms with Gasteiger partial charge in [-0.15, -0.1) is 0 Å². The van der Waals surface area contributed by atoms with Gasteiger partial charge in [0.15, 0.2) is 24.8 Å². The Hall–Kier alpha value is -12.0.